The fraction of sp³-hybridized carbons (Fsp3) is 0.417. The summed E-state index contributed by atoms with van der Waals surface area (Å²) in [7, 11) is 0. The number of benzene rings is 2. The summed E-state index contributed by atoms with van der Waals surface area (Å²) in [5.74, 6) is -0.352. The van der Waals surface area contributed by atoms with Crippen molar-refractivity contribution < 1.29 is 29.3 Å². The summed E-state index contributed by atoms with van der Waals surface area (Å²) in [4.78, 5) is 23.3. The predicted molar refractivity (Wildman–Crippen MR) is 108 cm³/mol. The van der Waals surface area contributed by atoms with Crippen molar-refractivity contribution >= 4 is 11.9 Å². The third-order valence-electron chi connectivity index (χ3n) is 6.84. The summed E-state index contributed by atoms with van der Waals surface area (Å²) in [6.45, 7) is 0. The van der Waals surface area contributed by atoms with E-state index in [1.54, 1.807) is 48.5 Å². The number of aromatic carboxylic acids is 2. The van der Waals surface area contributed by atoms with Gasteiger partial charge in [-0.3, -0.25) is 0 Å². The molecular formula is C24H24O6. The molecule has 0 atom stereocenters. The van der Waals surface area contributed by atoms with Crippen molar-refractivity contribution in [2.45, 2.75) is 49.7 Å². The number of carboxylic acid groups (broad SMARTS) is 2. The van der Waals surface area contributed by atoms with Crippen LogP contribution in [-0.4, -0.2) is 33.4 Å². The van der Waals surface area contributed by atoms with Crippen LogP contribution in [0.25, 0.3) is 0 Å². The van der Waals surface area contributed by atoms with Gasteiger partial charge in [0.2, 0.25) is 0 Å². The SMILES string of the molecule is O=C(O)c1ccccc1OC12CC3CC(C1)CC(Oc1ccccc1C(=O)O)(C3)C2. The molecule has 6 nitrogen and oxygen atoms in total. The predicted octanol–water partition coefficient (Wildman–Crippen LogP) is 4.63. The zero-order valence-corrected chi connectivity index (χ0v) is 16.5. The monoisotopic (exact) mass is 408 g/mol. The van der Waals surface area contributed by atoms with Crippen LogP contribution in [0.4, 0.5) is 0 Å². The fourth-order valence-electron chi connectivity index (χ4n) is 6.27. The van der Waals surface area contributed by atoms with Crippen molar-refractivity contribution in [2.24, 2.45) is 11.8 Å². The largest absolute Gasteiger partial charge is 0.486 e. The summed E-state index contributed by atoms with van der Waals surface area (Å²) in [6, 6.07) is 13.5. The molecule has 4 saturated carbocycles. The van der Waals surface area contributed by atoms with Crippen LogP contribution in [0, 0.1) is 11.8 Å². The molecule has 2 aromatic rings. The lowest BCUT2D eigenvalue weighted by atomic mass is 9.52. The van der Waals surface area contributed by atoms with Crippen molar-refractivity contribution in [2.75, 3.05) is 0 Å². The molecule has 4 fully saturated rings. The second-order valence-electron chi connectivity index (χ2n) is 9.13. The Morgan fingerprint density at radius 1 is 0.733 bits per heavy atom. The van der Waals surface area contributed by atoms with Gasteiger partial charge in [0.05, 0.1) is 0 Å². The summed E-state index contributed by atoms with van der Waals surface area (Å²) < 4.78 is 12.9. The molecule has 0 radical (unpaired) electrons. The molecule has 2 N–H and O–H groups in total. The first-order chi connectivity index (χ1) is 14.4. The van der Waals surface area contributed by atoms with Crippen LogP contribution in [0.15, 0.2) is 48.5 Å². The van der Waals surface area contributed by atoms with Crippen molar-refractivity contribution in [1.82, 2.24) is 0 Å². The molecule has 30 heavy (non-hydrogen) atoms. The van der Waals surface area contributed by atoms with Gasteiger partial charge in [-0.05, 0) is 68.2 Å². The van der Waals surface area contributed by atoms with Crippen LogP contribution < -0.4 is 9.47 Å². The third kappa shape index (κ3) is 3.20. The lowest BCUT2D eigenvalue weighted by Crippen LogP contribution is -2.63. The highest BCUT2D eigenvalue weighted by atomic mass is 16.5. The van der Waals surface area contributed by atoms with Crippen molar-refractivity contribution in [3.05, 3.63) is 59.7 Å². The molecule has 4 aliphatic rings. The first kappa shape index (κ1) is 19.0. The van der Waals surface area contributed by atoms with Gasteiger partial charge >= 0.3 is 11.9 Å². The van der Waals surface area contributed by atoms with Gasteiger partial charge in [-0.25, -0.2) is 9.59 Å². The van der Waals surface area contributed by atoms with Crippen molar-refractivity contribution in [3.8, 4) is 11.5 Å². The molecule has 0 aromatic heterocycles. The zero-order chi connectivity index (χ0) is 20.9. The smallest absolute Gasteiger partial charge is 0.339 e. The first-order valence-electron chi connectivity index (χ1n) is 10.4. The highest BCUT2D eigenvalue weighted by Gasteiger charge is 2.61. The fourth-order valence-corrected chi connectivity index (χ4v) is 6.27. The zero-order valence-electron chi connectivity index (χ0n) is 16.5. The maximum atomic E-state index is 11.7. The third-order valence-corrected chi connectivity index (χ3v) is 6.84. The maximum Gasteiger partial charge on any atom is 0.339 e. The van der Waals surface area contributed by atoms with Gasteiger partial charge in [0.25, 0.3) is 0 Å². The van der Waals surface area contributed by atoms with E-state index in [0.29, 0.717) is 29.8 Å². The Balaban J connectivity index is 1.47. The lowest BCUT2D eigenvalue weighted by molar-refractivity contribution is -0.177. The van der Waals surface area contributed by atoms with Gasteiger partial charge in [-0.1, -0.05) is 24.3 Å². The topological polar surface area (TPSA) is 93.1 Å². The van der Waals surface area contributed by atoms with Crippen molar-refractivity contribution in [1.29, 1.82) is 0 Å². The molecule has 2 aromatic carbocycles. The van der Waals surface area contributed by atoms with Crippen LogP contribution in [0.5, 0.6) is 11.5 Å². The molecule has 4 bridgehead atoms. The number of ether oxygens (including phenoxy) is 2. The summed E-state index contributed by atoms with van der Waals surface area (Å²) in [5, 5.41) is 19.1. The highest BCUT2D eigenvalue weighted by molar-refractivity contribution is 5.91. The standard InChI is InChI=1S/C24H24O6/c25-21(26)17-5-1-3-7-19(17)29-23-10-15-9-16(11-23)13-24(12-15,14-23)30-20-8-4-2-6-18(20)22(27)28/h1-8,15-16H,9-14H2,(H,25,26)(H,27,28). The van der Waals surface area contributed by atoms with Crippen LogP contribution in [0.3, 0.4) is 0 Å². The molecular weight excluding hydrogens is 384 g/mol. The lowest BCUT2D eigenvalue weighted by Gasteiger charge is -2.60. The summed E-state index contributed by atoms with van der Waals surface area (Å²) in [5.41, 5.74) is -0.624. The molecule has 0 heterocycles. The van der Waals surface area contributed by atoms with E-state index in [4.69, 9.17) is 9.47 Å². The second-order valence-corrected chi connectivity index (χ2v) is 9.13. The van der Waals surface area contributed by atoms with E-state index in [2.05, 4.69) is 0 Å². The molecule has 0 unspecified atom stereocenters. The van der Waals surface area contributed by atoms with E-state index in [-0.39, 0.29) is 11.1 Å². The summed E-state index contributed by atoms with van der Waals surface area (Å²) >= 11 is 0. The van der Waals surface area contributed by atoms with Gasteiger partial charge in [0.1, 0.15) is 33.8 Å². The minimum atomic E-state index is -1.00. The highest BCUT2D eigenvalue weighted by Crippen LogP contribution is 2.60. The minimum absolute atomic E-state index is 0.166. The van der Waals surface area contributed by atoms with Gasteiger partial charge in [-0.2, -0.15) is 0 Å². The Labute approximate surface area is 174 Å². The van der Waals surface area contributed by atoms with E-state index in [0.717, 1.165) is 32.1 Å². The van der Waals surface area contributed by atoms with Gasteiger partial charge in [-0.15, -0.1) is 0 Å². The first-order valence-corrected chi connectivity index (χ1v) is 10.4. The van der Waals surface area contributed by atoms with Gasteiger partial charge < -0.3 is 19.7 Å². The molecule has 4 aliphatic carbocycles. The summed E-state index contributed by atoms with van der Waals surface area (Å²) in [6.07, 6.45) is 5.27. The maximum absolute atomic E-state index is 11.7. The molecule has 6 heteroatoms. The van der Waals surface area contributed by atoms with Crippen LogP contribution in [0.1, 0.15) is 59.2 Å². The van der Waals surface area contributed by atoms with E-state index in [1.807, 2.05) is 0 Å². The quantitative estimate of drug-likeness (QED) is 0.724. The molecule has 156 valence electrons. The van der Waals surface area contributed by atoms with E-state index in [9.17, 15) is 19.8 Å². The van der Waals surface area contributed by atoms with Crippen LogP contribution >= 0.6 is 0 Å². The molecule has 0 spiro atoms. The number of hydrogen-bond acceptors (Lipinski definition) is 4. The number of rotatable bonds is 6. The number of carbonyl (C=O) groups is 2. The normalized spacial score (nSPS) is 31.3. The van der Waals surface area contributed by atoms with Crippen LogP contribution in [-0.2, 0) is 0 Å². The second kappa shape index (κ2) is 6.76. The Morgan fingerprint density at radius 3 is 1.53 bits per heavy atom. The van der Waals surface area contributed by atoms with Gasteiger partial charge in [0, 0.05) is 6.42 Å². The number of carboxylic acids is 2. The van der Waals surface area contributed by atoms with E-state index >= 15 is 0 Å². The molecule has 0 amide bonds. The molecule has 0 saturated heterocycles. The van der Waals surface area contributed by atoms with Gasteiger partial charge in [0.15, 0.2) is 0 Å². The average Bonchev–Trinajstić information content (AvgIpc) is 2.66. The number of hydrogen-bond donors (Lipinski definition) is 2. The minimum Gasteiger partial charge on any atom is -0.486 e. The Kier molecular flexibility index (Phi) is 4.27. The number of para-hydroxylation sites is 2. The van der Waals surface area contributed by atoms with E-state index in [1.165, 1.54) is 0 Å². The van der Waals surface area contributed by atoms with Crippen LogP contribution in [0.2, 0.25) is 0 Å². The molecule has 6 rings (SSSR count). The Bertz CT molecular complexity index is 921. The Hall–Kier alpha value is -3.02. The van der Waals surface area contributed by atoms with E-state index < -0.39 is 23.1 Å². The Morgan fingerprint density at radius 2 is 1.13 bits per heavy atom. The molecule has 0 aliphatic heterocycles. The average molecular weight is 408 g/mol. The van der Waals surface area contributed by atoms with Crippen molar-refractivity contribution in [3.63, 3.8) is 0 Å².